The molecule has 0 fully saturated rings. The number of nitrogens with one attached hydrogen (secondary N) is 1. The van der Waals surface area contributed by atoms with Gasteiger partial charge in [0.1, 0.15) is 0 Å². The topological polar surface area (TPSA) is 102 Å². The second kappa shape index (κ2) is 9.27. The number of fused-ring (bicyclic) bond motifs is 1. The van der Waals surface area contributed by atoms with Gasteiger partial charge in [0.2, 0.25) is 11.8 Å². The van der Waals surface area contributed by atoms with Crippen LogP contribution in [0.4, 0.5) is 0 Å². The van der Waals surface area contributed by atoms with Crippen LogP contribution >= 0.6 is 0 Å². The van der Waals surface area contributed by atoms with E-state index < -0.39 is 6.04 Å². The number of aryl methyl sites for hydroxylation is 1. The molecular weight excluding hydrogens is 358 g/mol. The average Bonchev–Trinajstić information content (AvgIpc) is 3.08. The minimum absolute atomic E-state index is 0.0256. The Bertz CT molecular complexity index is 911. The molecule has 148 valence electrons. The molecule has 8 nitrogen and oxygen atoms in total. The number of carbonyl (C=O) groups is 1. The van der Waals surface area contributed by atoms with Gasteiger partial charge in [0, 0.05) is 18.9 Å². The monoisotopic (exact) mass is 383 g/mol. The molecule has 0 aliphatic rings. The number of carbonyl (C=O) groups excluding carboxylic acids is 1. The molecule has 3 aromatic rings. The summed E-state index contributed by atoms with van der Waals surface area (Å²) in [6.45, 7) is 3.73. The number of aromatic nitrogens is 4. The van der Waals surface area contributed by atoms with Gasteiger partial charge in [-0.05, 0) is 31.9 Å². The molecule has 0 saturated heterocycles. The molecule has 3 rings (SSSR count). The molecule has 1 unspecified atom stereocenters. The van der Waals surface area contributed by atoms with Gasteiger partial charge in [0.05, 0.1) is 18.8 Å². The van der Waals surface area contributed by atoms with Crippen molar-refractivity contribution in [1.82, 2.24) is 25.1 Å². The maximum absolute atomic E-state index is 12.3. The maximum Gasteiger partial charge on any atom is 0.232 e. The van der Waals surface area contributed by atoms with Gasteiger partial charge in [-0.3, -0.25) is 4.79 Å². The molecule has 0 saturated carbocycles. The van der Waals surface area contributed by atoms with E-state index in [-0.39, 0.29) is 18.6 Å². The molecule has 1 amide bonds. The van der Waals surface area contributed by atoms with Gasteiger partial charge in [0.15, 0.2) is 11.5 Å². The Labute approximate surface area is 163 Å². The first-order chi connectivity index (χ1) is 13.6. The number of rotatable bonds is 9. The molecule has 28 heavy (non-hydrogen) atoms. The van der Waals surface area contributed by atoms with Gasteiger partial charge in [0.25, 0.3) is 0 Å². The van der Waals surface area contributed by atoms with Gasteiger partial charge < -0.3 is 15.2 Å². The summed E-state index contributed by atoms with van der Waals surface area (Å²) in [5.41, 5.74) is 1.52. The summed E-state index contributed by atoms with van der Waals surface area (Å²) in [5, 5.41) is 25.1. The normalized spacial score (nSPS) is 12.3. The lowest BCUT2D eigenvalue weighted by Crippen LogP contribution is -2.30. The second-order valence-corrected chi connectivity index (χ2v) is 6.79. The summed E-state index contributed by atoms with van der Waals surface area (Å²) < 4.78 is 7.26. The summed E-state index contributed by atoms with van der Waals surface area (Å²) in [6, 6.07) is 12.6. The standard InChI is InChI=1S/C20H25N5O3/c1-14(2)28-20-12-11-18-23-22-17(25(18)24-20)9-6-10-19(27)21-16(13-26)15-7-4-3-5-8-15/h3-5,7-8,11-12,14,16,26H,6,9-10,13H2,1-2H3,(H,21,27). The molecule has 0 aliphatic carbocycles. The number of benzene rings is 1. The number of ether oxygens (including phenoxy) is 1. The Morgan fingerprint density at radius 3 is 2.68 bits per heavy atom. The first-order valence-electron chi connectivity index (χ1n) is 9.40. The molecule has 2 aromatic heterocycles. The number of nitrogens with zero attached hydrogens (tertiary/aromatic N) is 4. The van der Waals surface area contributed by atoms with Crippen molar-refractivity contribution in [3.8, 4) is 5.88 Å². The number of aliphatic hydroxyl groups is 1. The van der Waals surface area contributed by atoms with Gasteiger partial charge in [-0.25, -0.2) is 0 Å². The fourth-order valence-corrected chi connectivity index (χ4v) is 2.87. The molecule has 0 bridgehead atoms. The Morgan fingerprint density at radius 2 is 1.96 bits per heavy atom. The van der Waals surface area contributed by atoms with E-state index >= 15 is 0 Å². The van der Waals surface area contributed by atoms with Gasteiger partial charge in [-0.2, -0.15) is 4.52 Å². The third-order valence-corrected chi connectivity index (χ3v) is 4.18. The van der Waals surface area contributed by atoms with E-state index in [0.29, 0.717) is 36.6 Å². The minimum Gasteiger partial charge on any atom is -0.474 e. The second-order valence-electron chi connectivity index (χ2n) is 6.79. The van der Waals surface area contributed by atoms with E-state index in [1.54, 1.807) is 16.6 Å². The van der Waals surface area contributed by atoms with E-state index in [9.17, 15) is 9.90 Å². The number of hydrogen-bond donors (Lipinski definition) is 2. The Kier molecular flexibility index (Phi) is 6.54. The van der Waals surface area contributed by atoms with Crippen molar-refractivity contribution in [1.29, 1.82) is 0 Å². The summed E-state index contributed by atoms with van der Waals surface area (Å²) in [5.74, 6) is 1.07. The molecule has 1 atom stereocenters. The largest absolute Gasteiger partial charge is 0.474 e. The molecule has 0 aliphatic heterocycles. The van der Waals surface area contributed by atoms with Crippen molar-refractivity contribution in [3.63, 3.8) is 0 Å². The van der Waals surface area contributed by atoms with Crippen molar-refractivity contribution in [2.24, 2.45) is 0 Å². The zero-order valence-corrected chi connectivity index (χ0v) is 16.1. The van der Waals surface area contributed by atoms with E-state index in [1.807, 2.05) is 44.2 Å². The van der Waals surface area contributed by atoms with Crippen molar-refractivity contribution < 1.29 is 14.6 Å². The molecule has 2 N–H and O–H groups in total. The zero-order valence-electron chi connectivity index (χ0n) is 16.1. The maximum atomic E-state index is 12.3. The zero-order chi connectivity index (χ0) is 19.9. The van der Waals surface area contributed by atoms with Crippen LogP contribution in [0.5, 0.6) is 5.88 Å². The van der Waals surface area contributed by atoms with Crippen LogP contribution in [0.15, 0.2) is 42.5 Å². The van der Waals surface area contributed by atoms with Crippen LogP contribution in [0.25, 0.3) is 5.65 Å². The summed E-state index contributed by atoms with van der Waals surface area (Å²) in [4.78, 5) is 12.3. The third-order valence-electron chi connectivity index (χ3n) is 4.18. The third kappa shape index (κ3) is 5.04. The first kappa shape index (κ1) is 19.8. The number of hydrogen-bond acceptors (Lipinski definition) is 6. The lowest BCUT2D eigenvalue weighted by molar-refractivity contribution is -0.122. The summed E-state index contributed by atoms with van der Waals surface area (Å²) in [6.07, 6.45) is 1.50. The van der Waals surface area contributed by atoms with Crippen LogP contribution in [-0.4, -0.2) is 43.5 Å². The molecule has 8 heteroatoms. The number of amides is 1. The van der Waals surface area contributed by atoms with Gasteiger partial charge in [-0.15, -0.1) is 15.3 Å². The highest BCUT2D eigenvalue weighted by Crippen LogP contribution is 2.14. The van der Waals surface area contributed by atoms with Crippen molar-refractivity contribution in [2.75, 3.05) is 6.61 Å². The fourth-order valence-electron chi connectivity index (χ4n) is 2.87. The first-order valence-corrected chi connectivity index (χ1v) is 9.40. The summed E-state index contributed by atoms with van der Waals surface area (Å²) >= 11 is 0. The van der Waals surface area contributed by atoms with E-state index in [1.165, 1.54) is 0 Å². The lowest BCUT2D eigenvalue weighted by atomic mass is 10.1. The Morgan fingerprint density at radius 1 is 1.18 bits per heavy atom. The van der Waals surface area contributed by atoms with E-state index in [0.717, 1.165) is 5.56 Å². The van der Waals surface area contributed by atoms with Crippen molar-refractivity contribution in [3.05, 3.63) is 53.9 Å². The quantitative estimate of drug-likeness (QED) is 0.587. The van der Waals surface area contributed by atoms with Crippen LogP contribution in [0.2, 0.25) is 0 Å². The predicted octanol–water partition coefficient (Wildman–Crippen LogP) is 2.08. The molecular formula is C20H25N5O3. The highest BCUT2D eigenvalue weighted by molar-refractivity contribution is 5.76. The molecule has 0 spiro atoms. The Balaban J connectivity index is 1.56. The molecule has 0 radical (unpaired) electrons. The van der Waals surface area contributed by atoms with Crippen LogP contribution in [0.3, 0.4) is 0 Å². The molecule has 1 aromatic carbocycles. The highest BCUT2D eigenvalue weighted by atomic mass is 16.5. The summed E-state index contributed by atoms with van der Waals surface area (Å²) in [7, 11) is 0. The number of aliphatic hydroxyl groups excluding tert-OH is 1. The van der Waals surface area contributed by atoms with Crippen molar-refractivity contribution in [2.45, 2.75) is 45.3 Å². The van der Waals surface area contributed by atoms with Gasteiger partial charge in [-0.1, -0.05) is 30.3 Å². The molecule has 2 heterocycles. The van der Waals surface area contributed by atoms with Crippen LogP contribution in [0.1, 0.15) is 44.1 Å². The van der Waals surface area contributed by atoms with Gasteiger partial charge >= 0.3 is 0 Å². The van der Waals surface area contributed by atoms with E-state index in [4.69, 9.17) is 4.74 Å². The highest BCUT2D eigenvalue weighted by Gasteiger charge is 2.14. The lowest BCUT2D eigenvalue weighted by Gasteiger charge is -2.16. The predicted molar refractivity (Wildman–Crippen MR) is 104 cm³/mol. The van der Waals surface area contributed by atoms with Crippen molar-refractivity contribution >= 4 is 11.6 Å². The SMILES string of the molecule is CC(C)Oc1ccc2nnc(CCCC(=O)NC(CO)c3ccccc3)n2n1. The fraction of sp³-hybridized carbons (Fsp3) is 0.400. The smallest absolute Gasteiger partial charge is 0.232 e. The van der Waals surface area contributed by atoms with E-state index in [2.05, 4.69) is 20.6 Å². The Hall–Kier alpha value is -3.00. The minimum atomic E-state index is -0.403. The van der Waals surface area contributed by atoms with Crippen LogP contribution in [0, 0.1) is 0 Å². The average molecular weight is 383 g/mol. The van der Waals surface area contributed by atoms with Crippen LogP contribution in [-0.2, 0) is 11.2 Å². The van der Waals surface area contributed by atoms with Crippen LogP contribution < -0.4 is 10.1 Å².